The van der Waals surface area contributed by atoms with Gasteiger partial charge in [0.05, 0.1) is 0 Å². The number of sulfonamides is 1. The molecular weight excluding hydrogens is 263 g/mol. The van der Waals surface area contributed by atoms with Gasteiger partial charge in [0.2, 0.25) is 0 Å². The van der Waals surface area contributed by atoms with Crippen molar-refractivity contribution in [2.24, 2.45) is 0 Å². The summed E-state index contributed by atoms with van der Waals surface area (Å²) >= 11 is 1.20. The summed E-state index contributed by atoms with van der Waals surface area (Å²) in [4.78, 5) is 4.00. The molecule has 1 N–H and O–H groups in total. The molecule has 0 spiro atoms. The van der Waals surface area contributed by atoms with Gasteiger partial charge in [0.25, 0.3) is 10.0 Å². The van der Waals surface area contributed by atoms with Gasteiger partial charge in [-0.15, -0.1) is 11.3 Å². The Kier molecular flexibility index (Phi) is 3.23. The van der Waals surface area contributed by atoms with Crippen molar-refractivity contribution in [2.45, 2.75) is 5.03 Å². The fraction of sp³-hybridized carbons (Fsp3) is 0.100. The fourth-order valence-corrected chi connectivity index (χ4v) is 3.03. The van der Waals surface area contributed by atoms with Gasteiger partial charge in [-0.2, -0.15) is 0 Å². The highest BCUT2D eigenvalue weighted by molar-refractivity contribution is 7.89. The molecule has 7 heteroatoms. The maximum atomic E-state index is 12.7. The molecule has 0 amide bonds. The number of halogens is 1. The lowest BCUT2D eigenvalue weighted by Crippen LogP contribution is -2.18. The smallest absolute Gasteiger partial charge is 0.223 e. The van der Waals surface area contributed by atoms with Crippen LogP contribution in [0.3, 0.4) is 0 Å². The Morgan fingerprint density at radius 2 is 1.94 bits per heavy atom. The largest absolute Gasteiger partial charge is 0.258 e. The van der Waals surface area contributed by atoms with E-state index in [4.69, 9.17) is 0 Å². The van der Waals surface area contributed by atoms with Gasteiger partial charge in [0.15, 0.2) is 5.03 Å². The van der Waals surface area contributed by atoms with Crippen LogP contribution in [-0.2, 0) is 10.0 Å². The summed E-state index contributed by atoms with van der Waals surface area (Å²) in [5.74, 6) is -0.339. The molecule has 1 heterocycles. The number of nitrogens with one attached hydrogen (secondary N) is 1. The van der Waals surface area contributed by atoms with Crippen molar-refractivity contribution < 1.29 is 12.8 Å². The summed E-state index contributed by atoms with van der Waals surface area (Å²) in [6.07, 6.45) is 0. The lowest BCUT2D eigenvalue weighted by molar-refractivity contribution is 0.585. The van der Waals surface area contributed by atoms with Gasteiger partial charge in [-0.3, -0.25) is 0 Å². The van der Waals surface area contributed by atoms with E-state index in [2.05, 4.69) is 9.71 Å². The molecule has 17 heavy (non-hydrogen) atoms. The van der Waals surface area contributed by atoms with Crippen LogP contribution in [0.15, 0.2) is 34.7 Å². The van der Waals surface area contributed by atoms with Crippen LogP contribution >= 0.6 is 11.3 Å². The Labute approximate surface area is 102 Å². The van der Waals surface area contributed by atoms with Crippen molar-refractivity contribution in [3.8, 4) is 10.6 Å². The fourth-order valence-electron chi connectivity index (χ4n) is 1.21. The Morgan fingerprint density at radius 3 is 2.53 bits per heavy atom. The van der Waals surface area contributed by atoms with Crippen LogP contribution in [-0.4, -0.2) is 20.4 Å². The van der Waals surface area contributed by atoms with E-state index in [1.807, 2.05) is 0 Å². The van der Waals surface area contributed by atoms with Gasteiger partial charge in [-0.1, -0.05) is 0 Å². The van der Waals surface area contributed by atoms with Gasteiger partial charge < -0.3 is 0 Å². The molecule has 0 aliphatic rings. The third kappa shape index (κ3) is 2.51. The summed E-state index contributed by atoms with van der Waals surface area (Å²) in [5.41, 5.74) is 0.689. The van der Waals surface area contributed by atoms with Gasteiger partial charge >= 0.3 is 0 Å². The molecule has 0 aliphatic heterocycles. The predicted octanol–water partition coefficient (Wildman–Crippen LogP) is 1.86. The van der Waals surface area contributed by atoms with Crippen molar-refractivity contribution in [2.75, 3.05) is 7.05 Å². The van der Waals surface area contributed by atoms with E-state index in [9.17, 15) is 12.8 Å². The van der Waals surface area contributed by atoms with E-state index in [-0.39, 0.29) is 10.8 Å². The van der Waals surface area contributed by atoms with Crippen molar-refractivity contribution in [1.29, 1.82) is 0 Å². The Morgan fingerprint density at radius 1 is 1.29 bits per heavy atom. The van der Waals surface area contributed by atoms with E-state index in [0.29, 0.717) is 10.6 Å². The van der Waals surface area contributed by atoms with Crippen LogP contribution in [0.5, 0.6) is 0 Å². The van der Waals surface area contributed by atoms with Crippen LogP contribution in [0, 0.1) is 5.82 Å². The number of nitrogens with zero attached hydrogens (tertiary/aromatic N) is 1. The van der Waals surface area contributed by atoms with Crippen molar-refractivity contribution in [1.82, 2.24) is 9.71 Å². The van der Waals surface area contributed by atoms with Gasteiger partial charge in [0.1, 0.15) is 10.8 Å². The van der Waals surface area contributed by atoms with Crippen molar-refractivity contribution >= 4 is 21.4 Å². The molecule has 1 aromatic carbocycles. The number of hydrogen-bond acceptors (Lipinski definition) is 4. The molecule has 90 valence electrons. The van der Waals surface area contributed by atoms with Crippen LogP contribution in [0.25, 0.3) is 10.6 Å². The predicted molar refractivity (Wildman–Crippen MR) is 63.8 cm³/mol. The zero-order chi connectivity index (χ0) is 12.5. The second-order valence-corrected chi connectivity index (χ2v) is 5.90. The first kappa shape index (κ1) is 12.2. The van der Waals surface area contributed by atoms with Crippen molar-refractivity contribution in [3.63, 3.8) is 0 Å². The molecule has 0 unspecified atom stereocenters. The first-order chi connectivity index (χ1) is 8.03. The van der Waals surface area contributed by atoms with E-state index in [0.717, 1.165) is 0 Å². The molecule has 4 nitrogen and oxygen atoms in total. The molecule has 2 rings (SSSR count). The summed E-state index contributed by atoms with van der Waals surface area (Å²) in [6, 6.07) is 5.74. The van der Waals surface area contributed by atoms with E-state index >= 15 is 0 Å². The minimum absolute atomic E-state index is 0.0238. The van der Waals surface area contributed by atoms with Gasteiger partial charge in [0, 0.05) is 10.9 Å². The number of thiazole rings is 1. The number of rotatable bonds is 3. The molecule has 0 saturated heterocycles. The van der Waals surface area contributed by atoms with E-state index in [1.54, 1.807) is 12.1 Å². The summed E-state index contributed by atoms with van der Waals surface area (Å²) < 4.78 is 37.9. The SMILES string of the molecule is CNS(=O)(=O)c1csc(-c2ccc(F)cc2)n1. The van der Waals surface area contributed by atoms with Crippen LogP contribution < -0.4 is 4.72 Å². The molecule has 0 radical (unpaired) electrons. The molecule has 0 aliphatic carbocycles. The van der Waals surface area contributed by atoms with Crippen LogP contribution in [0.1, 0.15) is 0 Å². The third-order valence-corrected chi connectivity index (χ3v) is 4.46. The first-order valence-electron chi connectivity index (χ1n) is 4.68. The molecule has 0 saturated carbocycles. The molecule has 0 fully saturated rings. The summed E-state index contributed by atoms with van der Waals surface area (Å²) in [7, 11) is -2.19. The minimum Gasteiger partial charge on any atom is -0.223 e. The highest BCUT2D eigenvalue weighted by atomic mass is 32.2. The normalized spacial score (nSPS) is 11.6. The highest BCUT2D eigenvalue weighted by Gasteiger charge is 2.16. The van der Waals surface area contributed by atoms with Gasteiger partial charge in [-0.05, 0) is 31.3 Å². The number of aromatic nitrogens is 1. The Balaban J connectivity index is 2.40. The molecule has 0 atom stereocenters. The molecular formula is C10H9FN2O2S2. The lowest BCUT2D eigenvalue weighted by atomic mass is 10.2. The Bertz CT molecular complexity index is 620. The number of benzene rings is 1. The topological polar surface area (TPSA) is 59.1 Å². The average Bonchev–Trinajstić information content (AvgIpc) is 2.80. The summed E-state index contributed by atoms with van der Waals surface area (Å²) in [5, 5.41) is 1.97. The summed E-state index contributed by atoms with van der Waals surface area (Å²) in [6.45, 7) is 0. The number of hydrogen-bond donors (Lipinski definition) is 1. The molecule has 2 aromatic rings. The maximum Gasteiger partial charge on any atom is 0.258 e. The van der Waals surface area contributed by atoms with E-state index in [1.165, 1.54) is 35.9 Å². The quantitative estimate of drug-likeness (QED) is 0.927. The second kappa shape index (κ2) is 4.52. The zero-order valence-corrected chi connectivity index (χ0v) is 10.5. The standard InChI is InChI=1S/C10H9FN2O2S2/c1-12-17(14,15)9-6-16-10(13-9)7-2-4-8(11)5-3-7/h2-6,12H,1H3. The highest BCUT2D eigenvalue weighted by Crippen LogP contribution is 2.25. The average molecular weight is 272 g/mol. The van der Waals surface area contributed by atoms with E-state index < -0.39 is 10.0 Å². The molecule has 1 aromatic heterocycles. The third-order valence-electron chi connectivity index (χ3n) is 2.12. The molecule has 0 bridgehead atoms. The lowest BCUT2D eigenvalue weighted by Gasteiger charge is -1.97. The Hall–Kier alpha value is -1.31. The van der Waals surface area contributed by atoms with Crippen LogP contribution in [0.4, 0.5) is 4.39 Å². The van der Waals surface area contributed by atoms with Crippen LogP contribution in [0.2, 0.25) is 0 Å². The second-order valence-electron chi connectivity index (χ2n) is 3.21. The minimum atomic E-state index is -3.52. The zero-order valence-electron chi connectivity index (χ0n) is 8.84. The maximum absolute atomic E-state index is 12.7. The monoisotopic (exact) mass is 272 g/mol. The van der Waals surface area contributed by atoms with Gasteiger partial charge in [-0.25, -0.2) is 22.5 Å². The first-order valence-corrected chi connectivity index (χ1v) is 7.04. The van der Waals surface area contributed by atoms with Crippen molar-refractivity contribution in [3.05, 3.63) is 35.5 Å².